The van der Waals surface area contributed by atoms with Crippen molar-refractivity contribution in [3.8, 4) is 11.5 Å². The van der Waals surface area contributed by atoms with Crippen molar-refractivity contribution in [1.82, 2.24) is 10.2 Å². The molecule has 1 saturated heterocycles. The number of rotatable bonds is 7. The van der Waals surface area contributed by atoms with E-state index >= 15 is 0 Å². The maximum atomic E-state index is 11.9. The predicted octanol–water partition coefficient (Wildman–Crippen LogP) is 2.14. The van der Waals surface area contributed by atoms with Gasteiger partial charge in [-0.15, -0.1) is 6.58 Å². The fourth-order valence-electron chi connectivity index (χ4n) is 2.88. The van der Waals surface area contributed by atoms with E-state index in [1.807, 2.05) is 18.2 Å². The summed E-state index contributed by atoms with van der Waals surface area (Å²) in [6, 6.07) is 6.21. The van der Waals surface area contributed by atoms with E-state index in [4.69, 9.17) is 9.47 Å². The van der Waals surface area contributed by atoms with E-state index in [9.17, 15) is 4.79 Å². The molecule has 0 aliphatic carbocycles. The number of hydrogen-bond donors (Lipinski definition) is 1. The van der Waals surface area contributed by atoms with Crippen molar-refractivity contribution in [2.75, 3.05) is 33.9 Å². The average Bonchev–Trinajstić information content (AvgIpc) is 3.00. The van der Waals surface area contributed by atoms with Crippen LogP contribution in [0.3, 0.4) is 0 Å². The molecule has 1 N–H and O–H groups in total. The molecule has 1 heterocycles. The third-order valence-electron chi connectivity index (χ3n) is 3.95. The Bertz CT molecular complexity index is 531. The Labute approximate surface area is 131 Å². The van der Waals surface area contributed by atoms with Crippen LogP contribution in [0.25, 0.3) is 0 Å². The largest absolute Gasteiger partial charge is 0.493 e. The van der Waals surface area contributed by atoms with Gasteiger partial charge in [-0.25, -0.2) is 0 Å². The van der Waals surface area contributed by atoms with E-state index in [2.05, 4.69) is 16.8 Å². The molecule has 1 fully saturated rings. The summed E-state index contributed by atoms with van der Waals surface area (Å²) in [6.45, 7) is 5.46. The average molecular weight is 304 g/mol. The topological polar surface area (TPSA) is 50.8 Å². The smallest absolute Gasteiger partial charge is 0.234 e. The van der Waals surface area contributed by atoms with Crippen LogP contribution < -0.4 is 14.8 Å². The summed E-state index contributed by atoms with van der Waals surface area (Å²) in [7, 11) is 3.26. The van der Waals surface area contributed by atoms with Crippen LogP contribution in [0.5, 0.6) is 11.5 Å². The normalized spacial score (nSPS) is 18.0. The molecule has 120 valence electrons. The van der Waals surface area contributed by atoms with Crippen LogP contribution in [0.15, 0.2) is 30.9 Å². The summed E-state index contributed by atoms with van der Waals surface area (Å²) in [4.78, 5) is 14.1. The van der Waals surface area contributed by atoms with Gasteiger partial charge in [0.15, 0.2) is 11.5 Å². The molecular formula is C17H24N2O3. The lowest BCUT2D eigenvalue weighted by Gasteiger charge is -2.24. The van der Waals surface area contributed by atoms with Crippen molar-refractivity contribution < 1.29 is 14.3 Å². The number of likely N-dealkylation sites (tertiary alicyclic amines) is 1. The predicted molar refractivity (Wildman–Crippen MR) is 86.3 cm³/mol. The number of hydrogen-bond acceptors (Lipinski definition) is 4. The molecule has 1 atom stereocenters. The minimum atomic E-state index is 0.0345. The maximum Gasteiger partial charge on any atom is 0.234 e. The van der Waals surface area contributed by atoms with Gasteiger partial charge in [-0.1, -0.05) is 12.1 Å². The Hall–Kier alpha value is -2.01. The minimum Gasteiger partial charge on any atom is -0.493 e. The number of nitrogens with one attached hydrogen (secondary N) is 1. The molecule has 0 aromatic heterocycles. The lowest BCUT2D eigenvalue weighted by Crippen LogP contribution is -2.36. The van der Waals surface area contributed by atoms with E-state index in [0.717, 1.165) is 36.4 Å². The quantitative estimate of drug-likeness (QED) is 0.784. The van der Waals surface area contributed by atoms with Gasteiger partial charge in [0.05, 0.1) is 20.8 Å². The zero-order chi connectivity index (χ0) is 15.9. The highest BCUT2D eigenvalue weighted by Gasteiger charge is 2.28. The van der Waals surface area contributed by atoms with Gasteiger partial charge >= 0.3 is 0 Å². The first-order valence-corrected chi connectivity index (χ1v) is 7.53. The van der Waals surface area contributed by atoms with E-state index in [0.29, 0.717) is 13.1 Å². The van der Waals surface area contributed by atoms with Crippen LogP contribution in [0.1, 0.15) is 24.4 Å². The van der Waals surface area contributed by atoms with Gasteiger partial charge in [0.1, 0.15) is 0 Å². The highest BCUT2D eigenvalue weighted by molar-refractivity contribution is 5.78. The fraction of sp³-hybridized carbons (Fsp3) is 0.471. The lowest BCUT2D eigenvalue weighted by molar-refractivity contribution is -0.122. The van der Waals surface area contributed by atoms with E-state index < -0.39 is 0 Å². The second kappa shape index (κ2) is 7.84. The van der Waals surface area contributed by atoms with Crippen LogP contribution in [0.4, 0.5) is 0 Å². The third-order valence-corrected chi connectivity index (χ3v) is 3.95. The SMILES string of the molecule is C=CCNC(=O)CN1CCCC1c1ccc(OC)c(OC)c1. The van der Waals surface area contributed by atoms with Crippen molar-refractivity contribution in [3.05, 3.63) is 36.4 Å². The van der Waals surface area contributed by atoms with Gasteiger partial charge in [-0.3, -0.25) is 9.69 Å². The summed E-state index contributed by atoms with van der Waals surface area (Å²) >= 11 is 0. The molecule has 0 bridgehead atoms. The molecule has 5 nitrogen and oxygen atoms in total. The molecule has 0 saturated carbocycles. The van der Waals surface area contributed by atoms with Crippen LogP contribution >= 0.6 is 0 Å². The Kier molecular flexibility index (Phi) is 5.83. The number of methoxy groups -OCH3 is 2. The maximum absolute atomic E-state index is 11.9. The Morgan fingerprint density at radius 1 is 1.41 bits per heavy atom. The minimum absolute atomic E-state index is 0.0345. The van der Waals surface area contributed by atoms with E-state index in [1.165, 1.54) is 0 Å². The number of ether oxygens (including phenoxy) is 2. The molecule has 1 aliphatic heterocycles. The van der Waals surface area contributed by atoms with Gasteiger partial charge in [0, 0.05) is 12.6 Å². The molecule has 1 amide bonds. The lowest BCUT2D eigenvalue weighted by atomic mass is 10.0. The number of carbonyl (C=O) groups excluding carboxylic acids is 1. The molecule has 0 radical (unpaired) electrons. The number of amides is 1. The summed E-state index contributed by atoms with van der Waals surface area (Å²) in [5, 5.41) is 2.83. The highest BCUT2D eigenvalue weighted by atomic mass is 16.5. The fourth-order valence-corrected chi connectivity index (χ4v) is 2.88. The molecule has 1 unspecified atom stereocenters. The second-order valence-electron chi connectivity index (χ2n) is 5.34. The van der Waals surface area contributed by atoms with Crippen LogP contribution in [-0.4, -0.2) is 44.7 Å². The number of nitrogens with zero attached hydrogens (tertiary/aromatic N) is 1. The first-order chi connectivity index (χ1) is 10.7. The van der Waals surface area contributed by atoms with Crippen molar-refractivity contribution in [2.24, 2.45) is 0 Å². The Balaban J connectivity index is 2.09. The monoisotopic (exact) mass is 304 g/mol. The Morgan fingerprint density at radius 3 is 2.86 bits per heavy atom. The summed E-state index contributed by atoms with van der Waals surface area (Å²) in [5.74, 6) is 1.48. The van der Waals surface area contributed by atoms with Crippen LogP contribution in [0.2, 0.25) is 0 Å². The molecule has 0 spiro atoms. The third kappa shape index (κ3) is 3.80. The summed E-state index contributed by atoms with van der Waals surface area (Å²) in [6.07, 6.45) is 3.83. The van der Waals surface area contributed by atoms with Crippen LogP contribution in [-0.2, 0) is 4.79 Å². The van der Waals surface area contributed by atoms with Gasteiger partial charge < -0.3 is 14.8 Å². The molecule has 1 aliphatic rings. The van der Waals surface area contributed by atoms with Crippen molar-refractivity contribution in [1.29, 1.82) is 0 Å². The van der Waals surface area contributed by atoms with Crippen LogP contribution in [0, 0.1) is 0 Å². The van der Waals surface area contributed by atoms with E-state index in [-0.39, 0.29) is 11.9 Å². The summed E-state index contributed by atoms with van der Waals surface area (Å²) < 4.78 is 10.6. The molecule has 22 heavy (non-hydrogen) atoms. The van der Waals surface area contributed by atoms with Crippen molar-refractivity contribution in [2.45, 2.75) is 18.9 Å². The van der Waals surface area contributed by atoms with Gasteiger partial charge in [-0.05, 0) is 37.1 Å². The zero-order valence-electron chi connectivity index (χ0n) is 13.3. The second-order valence-corrected chi connectivity index (χ2v) is 5.34. The first kappa shape index (κ1) is 16.4. The number of benzene rings is 1. The van der Waals surface area contributed by atoms with Crippen molar-refractivity contribution in [3.63, 3.8) is 0 Å². The highest BCUT2D eigenvalue weighted by Crippen LogP contribution is 2.36. The Morgan fingerprint density at radius 2 is 2.18 bits per heavy atom. The number of carbonyl (C=O) groups is 1. The van der Waals surface area contributed by atoms with E-state index in [1.54, 1.807) is 20.3 Å². The van der Waals surface area contributed by atoms with Crippen molar-refractivity contribution >= 4 is 5.91 Å². The molecule has 2 rings (SSSR count). The molecule has 1 aromatic carbocycles. The standard InChI is InChI=1S/C17H24N2O3/c1-4-9-18-17(20)12-19-10-5-6-14(19)13-7-8-15(21-2)16(11-13)22-3/h4,7-8,11,14H,1,5-6,9-10,12H2,2-3H3,(H,18,20). The molecule has 5 heteroatoms. The van der Waals surface area contributed by atoms with Gasteiger partial charge in [-0.2, -0.15) is 0 Å². The van der Waals surface area contributed by atoms with Gasteiger partial charge in [0.25, 0.3) is 0 Å². The first-order valence-electron chi connectivity index (χ1n) is 7.53. The molecule has 1 aromatic rings. The summed E-state index contributed by atoms with van der Waals surface area (Å²) in [5.41, 5.74) is 1.16. The zero-order valence-corrected chi connectivity index (χ0v) is 13.3. The van der Waals surface area contributed by atoms with Gasteiger partial charge in [0.2, 0.25) is 5.91 Å². The molecular weight excluding hydrogens is 280 g/mol.